The molecule has 0 atom stereocenters. The van der Waals surface area contributed by atoms with Gasteiger partial charge in [-0.3, -0.25) is 5.32 Å². The van der Waals surface area contributed by atoms with Gasteiger partial charge in [-0.25, -0.2) is 9.78 Å². The van der Waals surface area contributed by atoms with Crippen molar-refractivity contribution in [2.24, 2.45) is 0 Å². The van der Waals surface area contributed by atoms with E-state index in [2.05, 4.69) is 15.2 Å². The number of piperidine rings is 1. The third-order valence-corrected chi connectivity index (χ3v) is 3.96. The van der Waals surface area contributed by atoms with Crippen LogP contribution in [0.3, 0.4) is 0 Å². The van der Waals surface area contributed by atoms with E-state index in [1.54, 1.807) is 19.2 Å². The molecule has 1 aromatic rings. The Bertz CT molecular complexity index is 504. The Labute approximate surface area is 129 Å². The van der Waals surface area contributed by atoms with Crippen LogP contribution < -0.4 is 10.2 Å². The first kappa shape index (κ1) is 15.1. The summed E-state index contributed by atoms with van der Waals surface area (Å²) in [5.41, 5.74) is 1.03. The van der Waals surface area contributed by atoms with Gasteiger partial charge in [0.05, 0.1) is 31.7 Å². The Morgan fingerprint density at radius 2 is 2.09 bits per heavy atom. The van der Waals surface area contributed by atoms with Crippen LogP contribution in [-0.4, -0.2) is 49.8 Å². The van der Waals surface area contributed by atoms with Gasteiger partial charge in [-0.1, -0.05) is 0 Å². The molecule has 120 valence electrons. The minimum Gasteiger partial charge on any atom is -0.450 e. The van der Waals surface area contributed by atoms with Crippen LogP contribution in [0.25, 0.3) is 0 Å². The SMILES string of the molecule is CCOC(=O)Nc1ccc(N2CCC3(CC2)OCCO3)cn1. The number of pyridine rings is 1. The molecule has 1 N–H and O–H groups in total. The predicted molar refractivity (Wildman–Crippen MR) is 81.0 cm³/mol. The number of aromatic nitrogens is 1. The van der Waals surface area contributed by atoms with Gasteiger partial charge >= 0.3 is 6.09 Å². The molecule has 2 saturated heterocycles. The fourth-order valence-electron chi connectivity index (χ4n) is 2.81. The number of rotatable bonds is 3. The molecule has 7 nitrogen and oxygen atoms in total. The van der Waals surface area contributed by atoms with Crippen molar-refractivity contribution in [3.8, 4) is 0 Å². The number of nitrogens with one attached hydrogen (secondary N) is 1. The molecule has 1 spiro atoms. The minimum absolute atomic E-state index is 0.337. The van der Waals surface area contributed by atoms with Gasteiger partial charge in [0.2, 0.25) is 0 Å². The lowest BCUT2D eigenvalue weighted by atomic mass is 10.0. The van der Waals surface area contributed by atoms with E-state index in [1.807, 2.05) is 6.07 Å². The monoisotopic (exact) mass is 307 g/mol. The highest BCUT2D eigenvalue weighted by Gasteiger charge is 2.39. The second-order valence-electron chi connectivity index (χ2n) is 5.34. The number of carbonyl (C=O) groups excluding carboxylic acids is 1. The van der Waals surface area contributed by atoms with Crippen molar-refractivity contribution in [3.63, 3.8) is 0 Å². The van der Waals surface area contributed by atoms with Crippen LogP contribution in [0.1, 0.15) is 19.8 Å². The van der Waals surface area contributed by atoms with E-state index in [4.69, 9.17) is 14.2 Å². The molecule has 0 bridgehead atoms. The summed E-state index contributed by atoms with van der Waals surface area (Å²) < 4.78 is 16.3. The molecule has 7 heteroatoms. The van der Waals surface area contributed by atoms with Gasteiger partial charge in [0, 0.05) is 25.9 Å². The molecule has 2 aliphatic heterocycles. The fourth-order valence-corrected chi connectivity index (χ4v) is 2.81. The average Bonchev–Trinajstić information content (AvgIpc) is 2.97. The van der Waals surface area contributed by atoms with Crippen LogP contribution in [0, 0.1) is 0 Å². The molecule has 0 aromatic carbocycles. The summed E-state index contributed by atoms with van der Waals surface area (Å²) in [7, 11) is 0. The molecular weight excluding hydrogens is 286 g/mol. The number of amides is 1. The van der Waals surface area contributed by atoms with Crippen molar-refractivity contribution < 1.29 is 19.0 Å². The third-order valence-electron chi connectivity index (χ3n) is 3.96. The molecule has 0 radical (unpaired) electrons. The van der Waals surface area contributed by atoms with Crippen molar-refractivity contribution in [1.29, 1.82) is 0 Å². The van der Waals surface area contributed by atoms with Gasteiger partial charge in [-0.2, -0.15) is 0 Å². The highest BCUT2D eigenvalue weighted by molar-refractivity contribution is 5.83. The lowest BCUT2D eigenvalue weighted by molar-refractivity contribution is -0.169. The molecule has 22 heavy (non-hydrogen) atoms. The first-order chi connectivity index (χ1) is 10.7. The molecular formula is C15H21N3O4. The molecule has 0 saturated carbocycles. The average molecular weight is 307 g/mol. The molecule has 2 aliphatic rings. The molecule has 2 fully saturated rings. The summed E-state index contributed by atoms with van der Waals surface area (Å²) in [5.74, 6) is 0.119. The summed E-state index contributed by atoms with van der Waals surface area (Å²) in [6, 6.07) is 3.72. The van der Waals surface area contributed by atoms with Crippen LogP contribution in [-0.2, 0) is 14.2 Å². The van der Waals surface area contributed by atoms with E-state index >= 15 is 0 Å². The molecule has 0 unspecified atom stereocenters. The maximum absolute atomic E-state index is 11.3. The van der Waals surface area contributed by atoms with Gasteiger partial charge in [0.1, 0.15) is 5.82 Å². The maximum atomic E-state index is 11.3. The molecule has 0 aliphatic carbocycles. The fraction of sp³-hybridized carbons (Fsp3) is 0.600. The highest BCUT2D eigenvalue weighted by Crippen LogP contribution is 2.33. The van der Waals surface area contributed by atoms with Crippen LogP contribution in [0.4, 0.5) is 16.3 Å². The normalized spacial score (nSPS) is 20.1. The maximum Gasteiger partial charge on any atom is 0.412 e. The predicted octanol–water partition coefficient (Wildman–Crippen LogP) is 1.99. The van der Waals surface area contributed by atoms with Crippen LogP contribution in [0.2, 0.25) is 0 Å². The van der Waals surface area contributed by atoms with Crippen LogP contribution in [0.15, 0.2) is 18.3 Å². The molecule has 1 amide bonds. The van der Waals surface area contributed by atoms with E-state index in [9.17, 15) is 4.79 Å². The summed E-state index contributed by atoms with van der Waals surface area (Å²) in [5, 5.41) is 2.58. The van der Waals surface area contributed by atoms with Gasteiger partial charge in [-0.05, 0) is 19.1 Å². The number of ether oxygens (including phenoxy) is 3. The van der Waals surface area contributed by atoms with E-state index < -0.39 is 6.09 Å². The first-order valence-corrected chi connectivity index (χ1v) is 7.63. The Balaban J connectivity index is 1.56. The summed E-state index contributed by atoms with van der Waals surface area (Å²) in [6.45, 7) is 5.21. The highest BCUT2D eigenvalue weighted by atomic mass is 16.7. The van der Waals surface area contributed by atoms with Crippen LogP contribution in [0.5, 0.6) is 0 Å². The quantitative estimate of drug-likeness (QED) is 0.920. The Kier molecular flexibility index (Phi) is 4.44. The largest absolute Gasteiger partial charge is 0.450 e. The van der Waals surface area contributed by atoms with Gasteiger partial charge in [0.15, 0.2) is 5.79 Å². The van der Waals surface area contributed by atoms with Crippen LogP contribution >= 0.6 is 0 Å². The zero-order valence-electron chi connectivity index (χ0n) is 12.7. The standard InChI is InChI=1S/C15H21N3O4/c1-2-20-14(19)17-13-4-3-12(11-16-13)18-7-5-15(6-8-18)21-9-10-22-15/h3-4,11H,2,5-10H2,1H3,(H,16,17,19). The second-order valence-corrected chi connectivity index (χ2v) is 5.34. The number of carbonyl (C=O) groups is 1. The smallest absolute Gasteiger partial charge is 0.412 e. The Morgan fingerprint density at radius 3 is 2.68 bits per heavy atom. The van der Waals surface area contributed by atoms with Crippen molar-refractivity contribution in [3.05, 3.63) is 18.3 Å². The molecule has 3 heterocycles. The van der Waals surface area contributed by atoms with Crippen molar-refractivity contribution in [1.82, 2.24) is 4.98 Å². The number of nitrogens with zero attached hydrogens (tertiary/aromatic N) is 2. The van der Waals surface area contributed by atoms with Gasteiger partial charge < -0.3 is 19.1 Å². The topological polar surface area (TPSA) is 72.9 Å². The van der Waals surface area contributed by atoms with Crippen molar-refractivity contribution in [2.45, 2.75) is 25.6 Å². The summed E-state index contributed by atoms with van der Waals surface area (Å²) in [4.78, 5) is 17.8. The van der Waals surface area contributed by atoms with E-state index in [-0.39, 0.29) is 5.79 Å². The van der Waals surface area contributed by atoms with Gasteiger partial charge in [-0.15, -0.1) is 0 Å². The van der Waals surface area contributed by atoms with E-state index in [0.717, 1.165) is 31.6 Å². The van der Waals surface area contributed by atoms with Crippen molar-refractivity contribution in [2.75, 3.05) is 43.1 Å². The summed E-state index contributed by atoms with van der Waals surface area (Å²) >= 11 is 0. The molecule has 3 rings (SSSR count). The van der Waals surface area contributed by atoms with E-state index in [0.29, 0.717) is 25.6 Å². The van der Waals surface area contributed by atoms with E-state index in [1.165, 1.54) is 0 Å². The lowest BCUT2D eigenvalue weighted by Crippen LogP contribution is -2.45. The third kappa shape index (κ3) is 3.31. The van der Waals surface area contributed by atoms with Gasteiger partial charge in [0.25, 0.3) is 0 Å². The zero-order valence-corrected chi connectivity index (χ0v) is 12.7. The number of hydrogen-bond donors (Lipinski definition) is 1. The number of anilines is 2. The lowest BCUT2D eigenvalue weighted by Gasteiger charge is -2.38. The number of hydrogen-bond acceptors (Lipinski definition) is 6. The Hall–Kier alpha value is -1.86. The summed E-state index contributed by atoms with van der Waals surface area (Å²) in [6.07, 6.45) is 2.99. The minimum atomic E-state index is -0.488. The zero-order chi connectivity index (χ0) is 15.4. The first-order valence-electron chi connectivity index (χ1n) is 7.63. The Morgan fingerprint density at radius 1 is 1.36 bits per heavy atom. The van der Waals surface area contributed by atoms with Crippen molar-refractivity contribution >= 4 is 17.6 Å². The second kappa shape index (κ2) is 6.50. The molecule has 1 aromatic heterocycles.